The number of rotatable bonds is 5. The van der Waals surface area contributed by atoms with Crippen molar-refractivity contribution in [2.24, 2.45) is 5.92 Å². The summed E-state index contributed by atoms with van der Waals surface area (Å²) in [6.07, 6.45) is 5.98. The summed E-state index contributed by atoms with van der Waals surface area (Å²) in [5.41, 5.74) is 0. The maximum absolute atomic E-state index is 11.2. The fourth-order valence-electron chi connectivity index (χ4n) is 0.757. The lowest BCUT2D eigenvalue weighted by Crippen LogP contribution is -1.89. The van der Waals surface area contributed by atoms with Gasteiger partial charge in [0.1, 0.15) is 0 Å². The van der Waals surface area contributed by atoms with Crippen molar-refractivity contribution in [1.82, 2.24) is 0 Å². The summed E-state index contributed by atoms with van der Waals surface area (Å²) in [5, 5.41) is 0. The largest absolute Gasteiger partial charge is 0.212 e. The summed E-state index contributed by atoms with van der Waals surface area (Å²) >= 11 is 0. The van der Waals surface area contributed by atoms with Crippen molar-refractivity contribution in [1.29, 1.82) is 0 Å². The number of hydrogen-bond acceptors (Lipinski definition) is 0. The number of hydrogen-bond donors (Lipinski definition) is 0. The fraction of sp³-hybridized carbons (Fsp3) is 0.733. The van der Waals surface area contributed by atoms with Gasteiger partial charge in [0.15, 0.2) is 0 Å². The third kappa shape index (κ3) is 37.6. The molecule has 0 aromatic heterocycles. The van der Waals surface area contributed by atoms with Gasteiger partial charge < -0.3 is 0 Å². The predicted octanol–water partition coefficient (Wildman–Crippen LogP) is 6.54. The van der Waals surface area contributed by atoms with E-state index in [1.165, 1.54) is 25.7 Å². The summed E-state index contributed by atoms with van der Waals surface area (Å²) in [7, 11) is 0. The fourth-order valence-corrected chi connectivity index (χ4v) is 0.757. The Morgan fingerprint density at radius 1 is 1.19 bits per heavy atom. The minimum Gasteiger partial charge on any atom is -0.212 e. The first-order valence-corrected chi connectivity index (χ1v) is 5.91. The smallest absolute Gasteiger partial charge is 0.0925 e. The number of unbranched alkanes of at least 4 members (excludes halogenated alkanes) is 1. The molecule has 0 bridgehead atoms. The molecule has 0 fully saturated rings. The highest BCUT2D eigenvalue weighted by molar-refractivity contribution is 4.75. The molecule has 0 rings (SSSR count). The predicted molar refractivity (Wildman–Crippen MR) is 77.5 cm³/mol. The highest BCUT2D eigenvalue weighted by Gasteiger charge is 1.94. The maximum Gasteiger partial charge on any atom is 0.0925 e. The quantitative estimate of drug-likeness (QED) is 0.472. The molecular formula is C15H33F. The Bertz CT molecular complexity index is 119. The van der Waals surface area contributed by atoms with E-state index in [-0.39, 0.29) is 13.3 Å². The molecule has 100 valence electrons. The van der Waals surface area contributed by atoms with Gasteiger partial charge in [-0.25, -0.2) is 4.39 Å². The summed E-state index contributed by atoms with van der Waals surface area (Å²) < 4.78 is 11.2. The topological polar surface area (TPSA) is 0 Å². The molecule has 16 heavy (non-hydrogen) atoms. The first-order chi connectivity index (χ1) is 7.08. The molecule has 1 unspecified atom stereocenters. The first kappa shape index (κ1) is 24.6. The van der Waals surface area contributed by atoms with E-state index in [2.05, 4.69) is 40.5 Å². The van der Waals surface area contributed by atoms with E-state index in [4.69, 9.17) is 0 Å². The molecule has 0 amide bonds. The van der Waals surface area contributed by atoms with Crippen LogP contribution in [-0.2, 0) is 0 Å². The van der Waals surface area contributed by atoms with E-state index in [1.807, 2.05) is 0 Å². The Hall–Kier alpha value is -0.590. The zero-order valence-electron chi connectivity index (χ0n) is 11.1. The third-order valence-corrected chi connectivity index (χ3v) is 2.13. The molecule has 1 heteroatoms. The van der Waals surface area contributed by atoms with Crippen LogP contribution >= 0.6 is 0 Å². The van der Waals surface area contributed by atoms with Gasteiger partial charge in [-0.15, -0.1) is 13.2 Å². The molecule has 0 N–H and O–H groups in total. The Morgan fingerprint density at radius 3 is 1.75 bits per heavy atom. The summed E-state index contributed by atoms with van der Waals surface area (Å²) in [5.74, 6) is 0.708. The molecule has 0 aliphatic carbocycles. The highest BCUT2D eigenvalue weighted by Crippen LogP contribution is 2.09. The highest BCUT2D eigenvalue weighted by atomic mass is 19.1. The molecule has 0 aromatic rings. The van der Waals surface area contributed by atoms with Crippen LogP contribution < -0.4 is 0 Å². The van der Waals surface area contributed by atoms with Crippen LogP contribution in [0.15, 0.2) is 25.6 Å². The van der Waals surface area contributed by atoms with Gasteiger partial charge in [0.2, 0.25) is 0 Å². The summed E-state index contributed by atoms with van der Waals surface area (Å²) in [6, 6.07) is 0. The molecule has 0 saturated carbocycles. The van der Waals surface area contributed by atoms with Crippen LogP contribution in [0.1, 0.15) is 67.2 Å². The maximum atomic E-state index is 11.2. The molecule has 0 heterocycles. The minimum atomic E-state index is -0.245. The van der Waals surface area contributed by atoms with Crippen LogP contribution in [0.25, 0.3) is 0 Å². The van der Waals surface area contributed by atoms with E-state index in [0.29, 0.717) is 6.42 Å². The molecule has 0 spiro atoms. The second-order valence-corrected chi connectivity index (χ2v) is 3.53. The van der Waals surface area contributed by atoms with Crippen molar-refractivity contribution in [2.75, 3.05) is 0 Å². The van der Waals surface area contributed by atoms with Crippen molar-refractivity contribution < 1.29 is 4.39 Å². The minimum absolute atomic E-state index is 0. The lowest BCUT2D eigenvalue weighted by molar-refractivity contribution is 0.492. The van der Waals surface area contributed by atoms with Crippen LogP contribution in [0.5, 0.6) is 0 Å². The van der Waals surface area contributed by atoms with Gasteiger partial charge >= 0.3 is 0 Å². The van der Waals surface area contributed by atoms with Crippen LogP contribution in [-0.4, -0.2) is 0 Å². The monoisotopic (exact) mass is 232 g/mol. The second-order valence-electron chi connectivity index (χ2n) is 3.53. The lowest BCUT2D eigenvalue weighted by Gasteiger charge is -2.04. The van der Waals surface area contributed by atoms with Crippen LogP contribution in [0, 0.1) is 5.92 Å². The zero-order chi connectivity index (χ0) is 12.7. The third-order valence-electron chi connectivity index (χ3n) is 2.13. The SMILES string of the molecule is C.C=C.C=C(F)CC.CCCCC(C)CC. The normalized spacial score (nSPS) is 9.56. The van der Waals surface area contributed by atoms with Gasteiger partial charge in [0, 0.05) is 0 Å². The molecule has 0 saturated heterocycles. The summed E-state index contributed by atoms with van der Waals surface area (Å²) in [6.45, 7) is 17.6. The number of allylic oxidation sites excluding steroid dienone is 1. The molecule has 0 aromatic carbocycles. The van der Waals surface area contributed by atoms with Gasteiger partial charge in [-0.2, -0.15) is 0 Å². The molecule has 0 radical (unpaired) electrons. The van der Waals surface area contributed by atoms with Crippen molar-refractivity contribution >= 4 is 0 Å². The van der Waals surface area contributed by atoms with E-state index >= 15 is 0 Å². The lowest BCUT2D eigenvalue weighted by atomic mass is 10.0. The van der Waals surface area contributed by atoms with Gasteiger partial charge in [0.25, 0.3) is 0 Å². The van der Waals surface area contributed by atoms with E-state index in [9.17, 15) is 4.39 Å². The van der Waals surface area contributed by atoms with E-state index in [0.717, 1.165) is 5.92 Å². The van der Waals surface area contributed by atoms with Gasteiger partial charge in [-0.1, -0.05) is 67.4 Å². The van der Waals surface area contributed by atoms with Gasteiger partial charge in [0.05, 0.1) is 5.83 Å². The van der Waals surface area contributed by atoms with E-state index in [1.54, 1.807) is 6.92 Å². The average molecular weight is 232 g/mol. The molecule has 0 nitrogen and oxygen atoms in total. The van der Waals surface area contributed by atoms with Crippen LogP contribution in [0.4, 0.5) is 4.39 Å². The zero-order valence-corrected chi connectivity index (χ0v) is 11.1. The first-order valence-electron chi connectivity index (χ1n) is 5.91. The molecule has 1 atom stereocenters. The average Bonchev–Trinajstić information content (AvgIpc) is 2.29. The standard InChI is InChI=1S/C8H18.C4H7F.C2H4.CH4/c1-4-6-7-8(3)5-2;1-3-4(2)5;1-2;/h8H,4-7H2,1-3H3;2-3H2,1H3;1-2H2;1H4. The second kappa shape index (κ2) is 23.9. The van der Waals surface area contributed by atoms with Crippen molar-refractivity contribution in [3.8, 4) is 0 Å². The van der Waals surface area contributed by atoms with Gasteiger partial charge in [-0.05, 0) is 12.3 Å². The molecular weight excluding hydrogens is 199 g/mol. The van der Waals surface area contributed by atoms with Gasteiger partial charge in [-0.3, -0.25) is 0 Å². The number of halogens is 1. The molecule has 0 aliphatic rings. The van der Waals surface area contributed by atoms with Crippen LogP contribution in [0.3, 0.4) is 0 Å². The molecule has 0 aliphatic heterocycles. The van der Waals surface area contributed by atoms with Crippen LogP contribution in [0.2, 0.25) is 0 Å². The Labute approximate surface area is 104 Å². The Kier molecular flexibility index (Phi) is 36.7. The van der Waals surface area contributed by atoms with E-state index < -0.39 is 0 Å². The summed E-state index contributed by atoms with van der Waals surface area (Å²) in [4.78, 5) is 0. The van der Waals surface area contributed by atoms with Crippen molar-refractivity contribution in [2.45, 2.75) is 67.2 Å². The Morgan fingerprint density at radius 2 is 1.56 bits per heavy atom. The van der Waals surface area contributed by atoms with Crippen molar-refractivity contribution in [3.63, 3.8) is 0 Å². The Balaban J connectivity index is -0.0000000786. The van der Waals surface area contributed by atoms with Crippen molar-refractivity contribution in [3.05, 3.63) is 25.6 Å².